The van der Waals surface area contributed by atoms with Crippen LogP contribution in [0.1, 0.15) is 31.7 Å². The molecule has 1 fully saturated rings. The number of nitrogens with zero attached hydrogens (tertiary/aromatic N) is 3. The summed E-state index contributed by atoms with van der Waals surface area (Å²) in [5.74, 6) is 0.512. The molecule has 0 amide bonds. The summed E-state index contributed by atoms with van der Waals surface area (Å²) in [4.78, 5) is 10.1. The van der Waals surface area contributed by atoms with Crippen LogP contribution in [0.5, 0.6) is 0 Å². The quantitative estimate of drug-likeness (QED) is 0.687. The molecular weight excluding hydrogens is 421 g/mol. The number of sulfonamides is 1. The van der Waals surface area contributed by atoms with Crippen LogP contribution in [0.4, 0.5) is 4.39 Å². The van der Waals surface area contributed by atoms with Gasteiger partial charge >= 0.3 is 0 Å². The summed E-state index contributed by atoms with van der Waals surface area (Å²) in [6.45, 7) is 2.80. The van der Waals surface area contributed by atoms with E-state index >= 15 is 0 Å². The Morgan fingerprint density at radius 1 is 1.03 bits per heavy atom. The van der Waals surface area contributed by atoms with E-state index in [0.29, 0.717) is 25.9 Å². The number of aliphatic imine (C=N–C) groups is 2. The van der Waals surface area contributed by atoms with Gasteiger partial charge in [-0.3, -0.25) is 4.99 Å². The minimum atomic E-state index is -3.65. The lowest BCUT2D eigenvalue weighted by atomic mass is 10.00. The summed E-state index contributed by atoms with van der Waals surface area (Å²) in [7, 11) is -3.65. The van der Waals surface area contributed by atoms with Crippen molar-refractivity contribution in [3.05, 3.63) is 66.0 Å². The smallest absolute Gasteiger partial charge is 0.243 e. The second-order valence-electron chi connectivity index (χ2n) is 7.43. The molecule has 5 nitrogen and oxygen atoms in total. The Labute approximate surface area is 181 Å². The zero-order chi connectivity index (χ0) is 21.2. The van der Waals surface area contributed by atoms with E-state index in [9.17, 15) is 12.8 Å². The third-order valence-corrected chi connectivity index (χ3v) is 8.38. The third kappa shape index (κ3) is 4.22. The van der Waals surface area contributed by atoms with E-state index in [1.165, 1.54) is 28.6 Å². The lowest BCUT2D eigenvalue weighted by Gasteiger charge is -2.34. The number of halogens is 1. The average molecular weight is 446 g/mol. The Balaban J connectivity index is 1.56. The fourth-order valence-corrected chi connectivity index (χ4v) is 6.04. The second-order valence-corrected chi connectivity index (χ2v) is 10.5. The highest BCUT2D eigenvalue weighted by Crippen LogP contribution is 2.37. The highest BCUT2D eigenvalue weighted by atomic mass is 32.2. The van der Waals surface area contributed by atoms with Gasteiger partial charge in [-0.2, -0.15) is 4.31 Å². The number of hydrogen-bond acceptors (Lipinski definition) is 5. The summed E-state index contributed by atoms with van der Waals surface area (Å²) in [6, 6.07) is 15.0. The van der Waals surface area contributed by atoms with Crippen LogP contribution in [0.3, 0.4) is 0 Å². The molecule has 0 radical (unpaired) electrons. The molecule has 2 heterocycles. The molecule has 0 saturated carbocycles. The molecule has 2 aromatic carbocycles. The van der Waals surface area contributed by atoms with Gasteiger partial charge in [0.2, 0.25) is 10.0 Å². The molecule has 0 bridgehead atoms. The summed E-state index contributed by atoms with van der Waals surface area (Å²) in [5, 5.41) is 0.942. The van der Waals surface area contributed by atoms with E-state index < -0.39 is 21.5 Å². The van der Waals surface area contributed by atoms with Crippen LogP contribution < -0.4 is 0 Å². The van der Waals surface area contributed by atoms with Crippen molar-refractivity contribution in [3.63, 3.8) is 0 Å². The predicted molar refractivity (Wildman–Crippen MR) is 120 cm³/mol. The maximum Gasteiger partial charge on any atom is 0.243 e. The lowest BCUT2D eigenvalue weighted by Crippen LogP contribution is -2.44. The van der Waals surface area contributed by atoms with Gasteiger partial charge in [-0.1, -0.05) is 37.3 Å². The van der Waals surface area contributed by atoms with Crippen LogP contribution in [0.15, 0.2) is 69.5 Å². The Bertz CT molecular complexity index is 1060. The molecule has 0 aliphatic carbocycles. The first-order valence-corrected chi connectivity index (χ1v) is 12.5. The van der Waals surface area contributed by atoms with Crippen molar-refractivity contribution < 1.29 is 12.8 Å². The topological polar surface area (TPSA) is 62.1 Å². The van der Waals surface area contributed by atoms with Gasteiger partial charge in [0.1, 0.15) is 10.9 Å². The molecule has 4 rings (SSSR count). The highest BCUT2D eigenvalue weighted by Gasteiger charge is 2.42. The maximum atomic E-state index is 13.2. The van der Waals surface area contributed by atoms with Crippen molar-refractivity contribution in [2.24, 2.45) is 9.98 Å². The van der Waals surface area contributed by atoms with E-state index in [2.05, 4.69) is 6.92 Å². The van der Waals surface area contributed by atoms with Crippen LogP contribution in [-0.4, -0.2) is 48.0 Å². The van der Waals surface area contributed by atoms with Gasteiger partial charge in [-0.25, -0.2) is 17.8 Å². The van der Waals surface area contributed by atoms with Crippen LogP contribution in [0.2, 0.25) is 0 Å². The largest absolute Gasteiger partial charge is 0.252 e. The molecule has 2 aliphatic rings. The van der Waals surface area contributed by atoms with Crippen LogP contribution in [0.25, 0.3) is 0 Å². The molecule has 0 aromatic heterocycles. The normalized spacial score (nSPS) is 19.0. The molecule has 158 valence electrons. The van der Waals surface area contributed by atoms with Crippen molar-refractivity contribution in [2.45, 2.75) is 36.7 Å². The van der Waals surface area contributed by atoms with E-state index in [4.69, 9.17) is 9.98 Å². The van der Waals surface area contributed by atoms with E-state index in [0.717, 1.165) is 28.5 Å². The Hall–Kier alpha value is -2.03. The molecule has 8 heteroatoms. The summed E-state index contributed by atoms with van der Waals surface area (Å²) >= 11 is 1.71. The molecular formula is C22H24FN3O2S2. The zero-order valence-electron chi connectivity index (χ0n) is 16.8. The van der Waals surface area contributed by atoms with Gasteiger partial charge in [0, 0.05) is 31.5 Å². The lowest BCUT2D eigenvalue weighted by molar-refractivity contribution is 0.249. The first-order chi connectivity index (χ1) is 14.4. The van der Waals surface area contributed by atoms with Gasteiger partial charge in [-0.05, 0) is 36.4 Å². The Morgan fingerprint density at radius 2 is 1.70 bits per heavy atom. The van der Waals surface area contributed by atoms with Crippen LogP contribution >= 0.6 is 11.8 Å². The molecule has 1 saturated heterocycles. The summed E-state index contributed by atoms with van der Waals surface area (Å²) < 4.78 is 40.5. The zero-order valence-corrected chi connectivity index (χ0v) is 18.4. The second kappa shape index (κ2) is 8.61. The molecule has 2 aliphatic heterocycles. The van der Waals surface area contributed by atoms with Crippen molar-refractivity contribution in [3.8, 4) is 0 Å². The standard InChI is InChI=1S/C22H24FN3O2S2/c1-2-16-29-21-20(17-6-4-3-5-7-17)24-22(25-21)12-14-26(15-13-22)30(27,28)19-10-8-18(23)9-11-19/h3-11H,2,12-16H2,1H3. The molecule has 1 spiro atoms. The molecule has 0 atom stereocenters. The Morgan fingerprint density at radius 3 is 2.33 bits per heavy atom. The molecule has 2 aromatic rings. The predicted octanol–water partition coefficient (Wildman–Crippen LogP) is 4.35. The van der Waals surface area contributed by atoms with Crippen molar-refractivity contribution >= 4 is 32.5 Å². The van der Waals surface area contributed by atoms with Gasteiger partial charge < -0.3 is 0 Å². The third-order valence-electron chi connectivity index (χ3n) is 5.30. The van der Waals surface area contributed by atoms with Crippen molar-refractivity contribution in [1.82, 2.24) is 4.31 Å². The maximum absolute atomic E-state index is 13.2. The number of hydrogen-bond donors (Lipinski definition) is 0. The van der Waals surface area contributed by atoms with E-state index in [-0.39, 0.29) is 4.90 Å². The first kappa shape index (κ1) is 21.2. The molecule has 30 heavy (non-hydrogen) atoms. The number of piperidine rings is 1. The van der Waals surface area contributed by atoms with Crippen molar-refractivity contribution in [2.75, 3.05) is 18.8 Å². The number of benzene rings is 2. The highest BCUT2D eigenvalue weighted by molar-refractivity contribution is 8.15. The van der Waals surface area contributed by atoms with Crippen LogP contribution in [0, 0.1) is 5.82 Å². The number of rotatable bonds is 5. The van der Waals surface area contributed by atoms with Gasteiger partial charge in [0.15, 0.2) is 5.66 Å². The monoisotopic (exact) mass is 445 g/mol. The fraction of sp³-hybridized carbons (Fsp3) is 0.364. The van der Waals surface area contributed by atoms with Gasteiger partial charge in [-0.15, -0.1) is 11.8 Å². The van der Waals surface area contributed by atoms with Crippen molar-refractivity contribution in [1.29, 1.82) is 0 Å². The SMILES string of the molecule is CCCSC1=NC2(CCN(S(=O)(=O)c3ccc(F)cc3)CC2)N=C1c1ccccc1. The first-order valence-electron chi connectivity index (χ1n) is 10.1. The molecule has 0 N–H and O–H groups in total. The van der Waals surface area contributed by atoms with E-state index in [1.54, 1.807) is 11.8 Å². The average Bonchev–Trinajstić information content (AvgIpc) is 3.11. The number of thioether (sulfide) groups is 1. The van der Waals surface area contributed by atoms with Gasteiger partial charge in [0.25, 0.3) is 0 Å². The van der Waals surface area contributed by atoms with Crippen LogP contribution in [-0.2, 0) is 10.0 Å². The fourth-order valence-electron chi connectivity index (χ4n) is 3.67. The summed E-state index contributed by atoms with van der Waals surface area (Å²) in [5.41, 5.74) is 1.35. The minimum absolute atomic E-state index is 0.113. The molecule has 0 unspecified atom stereocenters. The summed E-state index contributed by atoms with van der Waals surface area (Å²) in [6.07, 6.45) is 2.10. The van der Waals surface area contributed by atoms with E-state index in [1.807, 2.05) is 30.3 Å². The Kier molecular flexibility index (Phi) is 6.09. The minimum Gasteiger partial charge on any atom is -0.252 e. The van der Waals surface area contributed by atoms with Gasteiger partial charge in [0.05, 0.1) is 10.6 Å².